The molecule has 1 aromatic carbocycles. The Morgan fingerprint density at radius 1 is 0.882 bits per heavy atom. The minimum absolute atomic E-state index is 0.135. The lowest BCUT2D eigenvalue weighted by Crippen LogP contribution is -2.37. The number of hydrogen-bond donors (Lipinski definition) is 0. The van der Waals surface area contributed by atoms with Crippen LogP contribution in [-0.2, 0) is 10.0 Å². The molecule has 0 spiro atoms. The number of amides is 1. The van der Waals surface area contributed by atoms with E-state index in [1.54, 1.807) is 16.4 Å². The normalized spacial score (nSPS) is 22.2. The summed E-state index contributed by atoms with van der Waals surface area (Å²) in [5, 5.41) is 0. The van der Waals surface area contributed by atoms with Gasteiger partial charge in [0.25, 0.3) is 5.91 Å². The van der Waals surface area contributed by atoms with Gasteiger partial charge in [0.15, 0.2) is 0 Å². The first kappa shape index (κ1) is 25.5. The first-order valence-electron chi connectivity index (χ1n) is 13.2. The van der Waals surface area contributed by atoms with Crippen LogP contribution >= 0.6 is 0 Å². The SMILES string of the molecule is COc1ccc(S(=O)(=O)N2CCCCCC2)cc1C(=O)N1CCCN(CC2CCCCC2)CC1. The average molecular weight is 492 g/mol. The standard InChI is InChI=1S/C26H41N3O4S/c1-33-25-13-12-23(34(31,32)29-16-7-2-3-8-17-29)20-24(25)26(30)28-15-9-14-27(18-19-28)21-22-10-5-4-6-11-22/h12-13,20,22H,2-11,14-19,21H2,1H3. The molecule has 1 amide bonds. The summed E-state index contributed by atoms with van der Waals surface area (Å²) < 4.78 is 33.7. The Kier molecular flexibility index (Phi) is 8.88. The van der Waals surface area contributed by atoms with Crippen molar-refractivity contribution in [2.45, 2.75) is 69.1 Å². The molecule has 3 fully saturated rings. The summed E-state index contributed by atoms with van der Waals surface area (Å²) in [4.78, 5) is 18.1. The highest BCUT2D eigenvalue weighted by Gasteiger charge is 2.29. The number of carbonyl (C=O) groups is 1. The Bertz CT molecular complexity index is 922. The number of carbonyl (C=O) groups excluding carboxylic acids is 1. The largest absolute Gasteiger partial charge is 0.496 e. The van der Waals surface area contributed by atoms with E-state index in [1.807, 2.05) is 4.90 Å². The molecule has 34 heavy (non-hydrogen) atoms. The molecule has 0 N–H and O–H groups in total. The minimum atomic E-state index is -3.63. The molecular weight excluding hydrogens is 450 g/mol. The lowest BCUT2D eigenvalue weighted by atomic mass is 9.89. The van der Waals surface area contributed by atoms with Gasteiger partial charge < -0.3 is 14.5 Å². The van der Waals surface area contributed by atoms with Crippen LogP contribution in [0.5, 0.6) is 5.75 Å². The molecule has 0 bridgehead atoms. The van der Waals surface area contributed by atoms with Gasteiger partial charge in [0.1, 0.15) is 5.75 Å². The minimum Gasteiger partial charge on any atom is -0.496 e. The number of ether oxygens (including phenoxy) is 1. The Balaban J connectivity index is 1.47. The first-order chi connectivity index (χ1) is 16.5. The zero-order chi connectivity index (χ0) is 24.0. The number of rotatable bonds is 6. The van der Waals surface area contributed by atoms with E-state index in [1.165, 1.54) is 45.3 Å². The predicted molar refractivity (Wildman–Crippen MR) is 134 cm³/mol. The van der Waals surface area contributed by atoms with Crippen LogP contribution in [0.3, 0.4) is 0 Å². The van der Waals surface area contributed by atoms with Crippen molar-refractivity contribution in [1.29, 1.82) is 0 Å². The van der Waals surface area contributed by atoms with E-state index in [2.05, 4.69) is 4.90 Å². The highest BCUT2D eigenvalue weighted by atomic mass is 32.2. The van der Waals surface area contributed by atoms with Crippen molar-refractivity contribution in [1.82, 2.24) is 14.1 Å². The van der Waals surface area contributed by atoms with Crippen molar-refractivity contribution in [2.24, 2.45) is 5.92 Å². The summed E-state index contributed by atoms with van der Waals surface area (Å²) in [5.74, 6) is 1.09. The fourth-order valence-electron chi connectivity index (χ4n) is 5.71. The molecular formula is C26H41N3O4S. The molecule has 0 radical (unpaired) electrons. The van der Waals surface area contributed by atoms with Crippen molar-refractivity contribution < 1.29 is 17.9 Å². The van der Waals surface area contributed by atoms with Gasteiger partial charge in [-0.3, -0.25) is 4.79 Å². The van der Waals surface area contributed by atoms with E-state index in [0.29, 0.717) is 37.5 Å². The van der Waals surface area contributed by atoms with Gasteiger partial charge in [-0.05, 0) is 62.8 Å². The van der Waals surface area contributed by atoms with E-state index in [0.717, 1.165) is 57.7 Å². The highest BCUT2D eigenvalue weighted by molar-refractivity contribution is 7.89. The quantitative estimate of drug-likeness (QED) is 0.602. The lowest BCUT2D eigenvalue weighted by molar-refractivity contribution is 0.0756. The Morgan fingerprint density at radius 3 is 2.29 bits per heavy atom. The van der Waals surface area contributed by atoms with Gasteiger partial charge in [0, 0.05) is 39.3 Å². The van der Waals surface area contributed by atoms with E-state index < -0.39 is 10.0 Å². The molecule has 1 aromatic rings. The fourth-order valence-corrected chi connectivity index (χ4v) is 7.25. The van der Waals surface area contributed by atoms with Crippen molar-refractivity contribution in [2.75, 3.05) is 52.9 Å². The van der Waals surface area contributed by atoms with Crippen LogP contribution in [0.4, 0.5) is 0 Å². The van der Waals surface area contributed by atoms with Crippen LogP contribution in [0, 0.1) is 5.92 Å². The average Bonchev–Trinajstić information content (AvgIpc) is 3.28. The van der Waals surface area contributed by atoms with E-state index in [9.17, 15) is 13.2 Å². The van der Waals surface area contributed by atoms with Gasteiger partial charge in [-0.2, -0.15) is 4.31 Å². The van der Waals surface area contributed by atoms with Crippen LogP contribution < -0.4 is 4.74 Å². The fraction of sp³-hybridized carbons (Fsp3) is 0.731. The molecule has 7 nitrogen and oxygen atoms in total. The van der Waals surface area contributed by atoms with Gasteiger partial charge in [0.2, 0.25) is 10.0 Å². The summed E-state index contributed by atoms with van der Waals surface area (Å²) in [6.45, 7) is 5.46. The van der Waals surface area contributed by atoms with Crippen LogP contribution in [-0.4, -0.2) is 81.4 Å². The van der Waals surface area contributed by atoms with Crippen LogP contribution in [0.1, 0.15) is 74.6 Å². The second-order valence-electron chi connectivity index (χ2n) is 10.1. The molecule has 4 rings (SSSR count). The third kappa shape index (κ3) is 6.13. The van der Waals surface area contributed by atoms with Crippen molar-refractivity contribution in [3.05, 3.63) is 23.8 Å². The smallest absolute Gasteiger partial charge is 0.257 e. The maximum Gasteiger partial charge on any atom is 0.257 e. The molecule has 0 unspecified atom stereocenters. The number of methoxy groups -OCH3 is 1. The third-order valence-corrected chi connectivity index (χ3v) is 9.62. The zero-order valence-corrected chi connectivity index (χ0v) is 21.5. The van der Waals surface area contributed by atoms with Crippen LogP contribution in [0.25, 0.3) is 0 Å². The molecule has 2 heterocycles. The van der Waals surface area contributed by atoms with Gasteiger partial charge >= 0.3 is 0 Å². The van der Waals surface area contributed by atoms with Crippen molar-refractivity contribution in [3.8, 4) is 5.75 Å². The van der Waals surface area contributed by atoms with Crippen LogP contribution in [0.2, 0.25) is 0 Å². The molecule has 0 atom stereocenters. The van der Waals surface area contributed by atoms with Crippen molar-refractivity contribution >= 4 is 15.9 Å². The number of nitrogens with zero attached hydrogens (tertiary/aromatic N) is 3. The second-order valence-corrected chi connectivity index (χ2v) is 12.1. The maximum atomic E-state index is 13.6. The predicted octanol–water partition coefficient (Wildman–Crippen LogP) is 3.99. The highest BCUT2D eigenvalue weighted by Crippen LogP contribution is 2.28. The van der Waals surface area contributed by atoms with Gasteiger partial charge in [-0.15, -0.1) is 0 Å². The van der Waals surface area contributed by atoms with Gasteiger partial charge in [0.05, 0.1) is 17.6 Å². The molecule has 1 saturated carbocycles. The summed E-state index contributed by atoms with van der Waals surface area (Å²) in [6.07, 6.45) is 11.5. The van der Waals surface area contributed by atoms with Crippen molar-refractivity contribution in [3.63, 3.8) is 0 Å². The maximum absolute atomic E-state index is 13.6. The van der Waals surface area contributed by atoms with E-state index in [4.69, 9.17) is 4.74 Å². The Morgan fingerprint density at radius 2 is 1.59 bits per heavy atom. The molecule has 2 saturated heterocycles. The Labute approximate surface area is 205 Å². The summed E-state index contributed by atoms with van der Waals surface area (Å²) >= 11 is 0. The molecule has 8 heteroatoms. The molecule has 3 aliphatic rings. The summed E-state index contributed by atoms with van der Waals surface area (Å²) in [7, 11) is -2.10. The second kappa shape index (κ2) is 11.9. The molecule has 2 aliphatic heterocycles. The van der Waals surface area contributed by atoms with E-state index in [-0.39, 0.29) is 10.8 Å². The third-order valence-electron chi connectivity index (χ3n) is 7.72. The van der Waals surface area contributed by atoms with E-state index >= 15 is 0 Å². The van der Waals surface area contributed by atoms with Gasteiger partial charge in [-0.25, -0.2) is 8.42 Å². The first-order valence-corrected chi connectivity index (χ1v) is 14.6. The van der Waals surface area contributed by atoms with Gasteiger partial charge in [-0.1, -0.05) is 32.1 Å². The Hall–Kier alpha value is -1.64. The number of sulfonamides is 1. The monoisotopic (exact) mass is 491 g/mol. The molecule has 1 aliphatic carbocycles. The van der Waals surface area contributed by atoms with Crippen LogP contribution in [0.15, 0.2) is 23.1 Å². The number of hydrogen-bond acceptors (Lipinski definition) is 5. The number of benzene rings is 1. The lowest BCUT2D eigenvalue weighted by Gasteiger charge is -2.29. The molecule has 190 valence electrons. The summed E-state index contributed by atoms with van der Waals surface area (Å²) in [6, 6.07) is 4.74. The topological polar surface area (TPSA) is 70.2 Å². The molecule has 0 aromatic heterocycles. The zero-order valence-electron chi connectivity index (χ0n) is 20.7. The summed E-state index contributed by atoms with van der Waals surface area (Å²) in [5.41, 5.74) is 0.346.